The maximum Gasteiger partial charge on any atom is 0.436 e. The predicted octanol–water partition coefficient (Wildman–Crippen LogP) is 8.35. The van der Waals surface area contributed by atoms with Gasteiger partial charge in [-0.3, -0.25) is 9.48 Å². The van der Waals surface area contributed by atoms with Gasteiger partial charge in [-0.05, 0) is 29.3 Å². The lowest BCUT2D eigenvalue weighted by Crippen LogP contribution is -2.29. The number of nitrogens with one attached hydrogen (secondary N) is 1. The Bertz CT molecular complexity index is 662. The number of carbonyl (C=O) groups excluding carboxylic acids is 1. The minimum Gasteiger partial charge on any atom is -0.354 e. The molecule has 0 aromatic carbocycles. The van der Waals surface area contributed by atoms with Crippen molar-refractivity contribution in [1.82, 2.24) is 15.1 Å². The van der Waals surface area contributed by atoms with Crippen LogP contribution in [0, 0.1) is 6.92 Å². The molecule has 1 aromatic heterocycles. The second-order valence-corrected chi connectivity index (χ2v) is 9.85. The monoisotopic (exact) mass is 537 g/mol. The van der Waals surface area contributed by atoms with Gasteiger partial charge in [-0.15, -0.1) is 0 Å². The molecule has 1 N–H and O–H groups in total. The Morgan fingerprint density at radius 3 is 1.67 bits per heavy atom. The lowest BCUT2D eigenvalue weighted by molar-refractivity contribution is -0.142. The largest absolute Gasteiger partial charge is 0.436 e. The zero-order valence-electron chi connectivity index (χ0n) is 20.5. The van der Waals surface area contributed by atoms with E-state index in [0.717, 1.165) is 23.9 Å². The van der Waals surface area contributed by atoms with E-state index in [4.69, 9.17) is 0 Å². The van der Waals surface area contributed by atoms with Gasteiger partial charge in [-0.25, -0.2) is 0 Å². The molecule has 0 saturated heterocycles. The first-order valence-corrected chi connectivity index (χ1v) is 13.6. The zero-order valence-corrected chi connectivity index (χ0v) is 22.1. The summed E-state index contributed by atoms with van der Waals surface area (Å²) >= 11 is 2.92. The van der Waals surface area contributed by atoms with Crippen molar-refractivity contribution in [2.75, 3.05) is 6.54 Å². The first-order valence-electron chi connectivity index (χ1n) is 12.8. The van der Waals surface area contributed by atoms with Crippen LogP contribution in [0.25, 0.3) is 0 Å². The topological polar surface area (TPSA) is 46.9 Å². The van der Waals surface area contributed by atoms with Gasteiger partial charge >= 0.3 is 6.18 Å². The summed E-state index contributed by atoms with van der Waals surface area (Å²) in [5.41, 5.74) is -0.703. The van der Waals surface area contributed by atoms with Gasteiger partial charge in [0, 0.05) is 6.54 Å². The smallest absolute Gasteiger partial charge is 0.354 e. The molecule has 0 atom stereocenters. The van der Waals surface area contributed by atoms with E-state index in [0.29, 0.717) is 12.2 Å². The van der Waals surface area contributed by atoms with Crippen molar-refractivity contribution in [1.29, 1.82) is 0 Å². The maximum absolute atomic E-state index is 12.9. The quantitative estimate of drug-likeness (QED) is 0.180. The molecular formula is C25H43BrF3N3O. The standard InChI is InChI=1S/C25H43BrF3N3O/c1-3-4-5-6-7-8-9-10-11-12-13-14-15-16-17-18-19-30-22(33)20-32-21(2)23(26)24(31-32)25(27,28)29/h3-20H2,1-2H3,(H,30,33). The summed E-state index contributed by atoms with van der Waals surface area (Å²) in [4.78, 5) is 12.0. The average Bonchev–Trinajstić information content (AvgIpc) is 3.04. The number of hydrogen-bond donors (Lipinski definition) is 1. The lowest BCUT2D eigenvalue weighted by Gasteiger charge is -2.07. The third-order valence-electron chi connectivity index (χ3n) is 6.05. The number of nitrogens with zero attached hydrogens (tertiary/aromatic N) is 2. The summed E-state index contributed by atoms with van der Waals surface area (Å²) in [6.07, 6.45) is 16.1. The first kappa shape index (κ1) is 30.0. The van der Waals surface area contributed by atoms with E-state index in [1.165, 1.54) is 90.4 Å². The lowest BCUT2D eigenvalue weighted by atomic mass is 10.0. The summed E-state index contributed by atoms with van der Waals surface area (Å²) in [5.74, 6) is -0.317. The van der Waals surface area contributed by atoms with Gasteiger partial charge in [0.05, 0.1) is 10.2 Å². The van der Waals surface area contributed by atoms with E-state index in [-0.39, 0.29) is 16.9 Å². The number of aromatic nitrogens is 2. The van der Waals surface area contributed by atoms with Crippen LogP contribution < -0.4 is 5.32 Å². The molecule has 0 aliphatic heterocycles. The second kappa shape index (κ2) is 17.4. The fourth-order valence-corrected chi connectivity index (χ4v) is 4.46. The molecule has 0 saturated carbocycles. The van der Waals surface area contributed by atoms with Crippen LogP contribution >= 0.6 is 15.9 Å². The van der Waals surface area contributed by atoms with Crippen LogP contribution in [0.5, 0.6) is 0 Å². The number of carbonyl (C=O) groups is 1. The van der Waals surface area contributed by atoms with Crippen molar-refractivity contribution >= 4 is 21.8 Å². The van der Waals surface area contributed by atoms with E-state index in [1.54, 1.807) is 0 Å². The molecule has 1 rings (SSSR count). The molecule has 0 radical (unpaired) electrons. The zero-order chi connectivity index (χ0) is 24.5. The Balaban J connectivity index is 1.95. The van der Waals surface area contributed by atoms with E-state index in [2.05, 4.69) is 33.3 Å². The number of rotatable bonds is 19. The molecule has 1 heterocycles. The van der Waals surface area contributed by atoms with Crippen molar-refractivity contribution in [2.24, 2.45) is 0 Å². The summed E-state index contributed by atoms with van der Waals surface area (Å²) in [6.45, 7) is 4.10. The summed E-state index contributed by atoms with van der Waals surface area (Å²) < 4.78 is 39.7. The van der Waals surface area contributed by atoms with Crippen LogP contribution in [-0.4, -0.2) is 22.2 Å². The highest BCUT2D eigenvalue weighted by atomic mass is 79.9. The van der Waals surface area contributed by atoms with Crippen molar-refractivity contribution in [2.45, 2.75) is 129 Å². The molecule has 0 spiro atoms. The van der Waals surface area contributed by atoms with Crippen molar-refractivity contribution < 1.29 is 18.0 Å². The predicted molar refractivity (Wildman–Crippen MR) is 132 cm³/mol. The minimum atomic E-state index is -4.54. The molecule has 0 bridgehead atoms. The second-order valence-electron chi connectivity index (χ2n) is 9.06. The van der Waals surface area contributed by atoms with Crippen LogP contribution in [0.1, 0.15) is 121 Å². The first-order chi connectivity index (χ1) is 15.8. The molecule has 0 aliphatic carbocycles. The van der Waals surface area contributed by atoms with Crippen molar-refractivity contribution in [3.8, 4) is 0 Å². The molecule has 4 nitrogen and oxygen atoms in total. The molecular weight excluding hydrogens is 495 g/mol. The molecule has 33 heavy (non-hydrogen) atoms. The van der Waals surface area contributed by atoms with Crippen LogP contribution in [-0.2, 0) is 17.5 Å². The normalized spacial score (nSPS) is 11.8. The third-order valence-corrected chi connectivity index (χ3v) is 7.00. The molecule has 8 heteroatoms. The van der Waals surface area contributed by atoms with Gasteiger partial charge in [0.15, 0.2) is 5.69 Å². The van der Waals surface area contributed by atoms with Gasteiger partial charge in [-0.2, -0.15) is 18.3 Å². The molecule has 1 amide bonds. The molecule has 0 fully saturated rings. The number of alkyl halides is 3. The fourth-order valence-electron chi connectivity index (χ4n) is 3.95. The Hall–Kier alpha value is -1.05. The van der Waals surface area contributed by atoms with E-state index in [1.807, 2.05) is 0 Å². The molecule has 192 valence electrons. The Kier molecular flexibility index (Phi) is 15.8. The number of halogens is 4. The van der Waals surface area contributed by atoms with Gasteiger partial charge in [0.2, 0.25) is 5.91 Å². The summed E-state index contributed by atoms with van der Waals surface area (Å²) in [6, 6.07) is 0. The number of amides is 1. The van der Waals surface area contributed by atoms with Crippen LogP contribution in [0.2, 0.25) is 0 Å². The SMILES string of the molecule is CCCCCCCCCCCCCCCCCCNC(=O)Cn1nc(C(F)(F)F)c(Br)c1C. The Morgan fingerprint density at radius 2 is 1.27 bits per heavy atom. The van der Waals surface area contributed by atoms with Crippen LogP contribution in [0.15, 0.2) is 4.47 Å². The summed E-state index contributed by atoms with van der Waals surface area (Å²) in [5, 5.41) is 6.31. The molecule has 1 aromatic rings. The number of unbranched alkanes of at least 4 members (excludes halogenated alkanes) is 15. The third kappa shape index (κ3) is 13.4. The van der Waals surface area contributed by atoms with Crippen LogP contribution in [0.3, 0.4) is 0 Å². The summed E-state index contributed by atoms with van der Waals surface area (Å²) in [7, 11) is 0. The highest BCUT2D eigenvalue weighted by Gasteiger charge is 2.38. The van der Waals surface area contributed by atoms with Crippen molar-refractivity contribution in [3.05, 3.63) is 15.9 Å². The van der Waals surface area contributed by atoms with Crippen LogP contribution in [0.4, 0.5) is 13.2 Å². The average molecular weight is 539 g/mol. The minimum absolute atomic E-state index is 0.111. The van der Waals surface area contributed by atoms with Gasteiger partial charge in [0.1, 0.15) is 6.54 Å². The Morgan fingerprint density at radius 1 is 0.848 bits per heavy atom. The van der Waals surface area contributed by atoms with E-state index < -0.39 is 11.9 Å². The highest BCUT2D eigenvalue weighted by Crippen LogP contribution is 2.35. The molecule has 0 unspecified atom stereocenters. The Labute approximate surface area is 206 Å². The highest BCUT2D eigenvalue weighted by molar-refractivity contribution is 9.10. The molecule has 0 aliphatic rings. The van der Waals surface area contributed by atoms with Gasteiger partial charge in [0.25, 0.3) is 0 Å². The van der Waals surface area contributed by atoms with E-state index in [9.17, 15) is 18.0 Å². The van der Waals surface area contributed by atoms with Crippen molar-refractivity contribution in [3.63, 3.8) is 0 Å². The maximum atomic E-state index is 12.9. The fraction of sp³-hybridized carbons (Fsp3) is 0.840. The van der Waals surface area contributed by atoms with E-state index >= 15 is 0 Å². The van der Waals surface area contributed by atoms with Gasteiger partial charge in [-0.1, -0.05) is 103 Å². The number of hydrogen-bond acceptors (Lipinski definition) is 2. The van der Waals surface area contributed by atoms with Gasteiger partial charge < -0.3 is 5.32 Å².